The van der Waals surface area contributed by atoms with Crippen LogP contribution in [0.3, 0.4) is 0 Å². The van der Waals surface area contributed by atoms with Crippen LogP contribution in [-0.2, 0) is 36.1 Å². The van der Waals surface area contributed by atoms with Gasteiger partial charge in [-0.25, -0.2) is 9.97 Å². The average Bonchev–Trinajstić information content (AvgIpc) is 3.67. The first-order valence-electron chi connectivity index (χ1n) is 15.1. The predicted molar refractivity (Wildman–Crippen MR) is 160 cm³/mol. The number of nitrogens with one attached hydrogen (secondary N) is 2. The van der Waals surface area contributed by atoms with Crippen molar-refractivity contribution in [2.75, 3.05) is 18.4 Å². The molecule has 5 heterocycles. The lowest BCUT2D eigenvalue weighted by molar-refractivity contribution is -0.136. The van der Waals surface area contributed by atoms with Crippen molar-refractivity contribution in [3.8, 4) is 11.3 Å². The van der Waals surface area contributed by atoms with Crippen LogP contribution in [-0.4, -0.2) is 72.4 Å². The van der Waals surface area contributed by atoms with Crippen LogP contribution in [0.2, 0.25) is 5.02 Å². The molecule has 2 saturated heterocycles. The lowest BCUT2D eigenvalue weighted by Gasteiger charge is -2.32. The molecule has 3 amide bonds. The van der Waals surface area contributed by atoms with Crippen LogP contribution in [0.25, 0.3) is 11.3 Å². The highest BCUT2D eigenvalue weighted by molar-refractivity contribution is 6.33. The lowest BCUT2D eigenvalue weighted by atomic mass is 10.0. The number of aromatic nitrogens is 4. The zero-order chi connectivity index (χ0) is 29.7. The van der Waals surface area contributed by atoms with Crippen molar-refractivity contribution in [2.24, 2.45) is 13.0 Å². The summed E-state index contributed by atoms with van der Waals surface area (Å²) in [5, 5.41) is 10.9. The maximum absolute atomic E-state index is 13.0. The van der Waals surface area contributed by atoms with Gasteiger partial charge in [-0.2, -0.15) is 5.10 Å². The summed E-state index contributed by atoms with van der Waals surface area (Å²) in [5.74, 6) is 0.509. The summed E-state index contributed by atoms with van der Waals surface area (Å²) in [6, 6.07) is 5.63. The van der Waals surface area contributed by atoms with E-state index in [0.717, 1.165) is 67.2 Å². The number of halogens is 1. The minimum Gasteiger partial charge on any atom is -0.351 e. The monoisotopic (exact) mass is 602 g/mol. The van der Waals surface area contributed by atoms with Gasteiger partial charge in [-0.05, 0) is 61.6 Å². The Labute approximate surface area is 255 Å². The molecular formula is C31H35ClN8O3. The summed E-state index contributed by atoms with van der Waals surface area (Å²) in [6.45, 7) is 3.03. The molecular weight excluding hydrogens is 568 g/mol. The van der Waals surface area contributed by atoms with E-state index in [1.807, 2.05) is 30.1 Å². The Balaban J connectivity index is 0.954. The van der Waals surface area contributed by atoms with Crippen LogP contribution < -0.4 is 10.6 Å². The van der Waals surface area contributed by atoms with Crippen LogP contribution in [0.15, 0.2) is 30.6 Å². The van der Waals surface area contributed by atoms with Crippen molar-refractivity contribution in [1.82, 2.24) is 34.9 Å². The van der Waals surface area contributed by atoms with Gasteiger partial charge in [0.1, 0.15) is 6.04 Å². The SMILES string of the molecule is Cn1ncc(-c2nc(NC3CCN(Cc4ccc5c(c4)CN(C4CCC(=O)NC4=O)C5=O)CC3)ncc2Cl)c1CC1CC1. The molecule has 1 unspecified atom stereocenters. The zero-order valence-electron chi connectivity index (χ0n) is 24.2. The predicted octanol–water partition coefficient (Wildman–Crippen LogP) is 3.32. The molecule has 1 saturated carbocycles. The number of imide groups is 1. The number of fused-ring (bicyclic) bond motifs is 1. The smallest absolute Gasteiger partial charge is 0.255 e. The van der Waals surface area contributed by atoms with Gasteiger partial charge in [-0.1, -0.05) is 23.7 Å². The molecule has 0 radical (unpaired) electrons. The summed E-state index contributed by atoms with van der Waals surface area (Å²) >= 11 is 6.56. The second-order valence-electron chi connectivity index (χ2n) is 12.3. The molecule has 2 aromatic heterocycles. The molecule has 1 aliphatic carbocycles. The van der Waals surface area contributed by atoms with Crippen LogP contribution in [0.4, 0.5) is 5.95 Å². The third kappa shape index (κ3) is 5.75. The molecule has 1 aromatic carbocycles. The molecule has 7 rings (SSSR count). The molecule has 0 bridgehead atoms. The minimum atomic E-state index is -0.595. The Bertz CT molecular complexity index is 1590. The third-order valence-corrected chi connectivity index (χ3v) is 9.43. The van der Waals surface area contributed by atoms with Crippen molar-refractivity contribution in [2.45, 2.75) is 70.1 Å². The molecule has 3 aliphatic heterocycles. The molecule has 43 heavy (non-hydrogen) atoms. The highest BCUT2D eigenvalue weighted by atomic mass is 35.5. The highest BCUT2D eigenvalue weighted by Crippen LogP contribution is 2.37. The van der Waals surface area contributed by atoms with Gasteiger partial charge in [-0.15, -0.1) is 0 Å². The Morgan fingerprint density at radius 3 is 2.63 bits per heavy atom. The first kappa shape index (κ1) is 28.0. The van der Waals surface area contributed by atoms with Crippen LogP contribution in [0, 0.1) is 5.92 Å². The van der Waals surface area contributed by atoms with Gasteiger partial charge >= 0.3 is 0 Å². The van der Waals surface area contributed by atoms with E-state index in [2.05, 4.69) is 31.7 Å². The standard InChI is InChI=1S/C31H35ClN8O3/c1-38-26(13-18-2-3-18)23(14-34-38)28-24(32)15-33-31(37-28)35-21-8-10-39(11-9-21)16-19-4-5-22-20(12-19)17-40(30(22)43)25-6-7-27(41)36-29(25)42/h4-5,12,14-15,18,21,25H,2-3,6-11,13,16-17H2,1H3,(H,33,35,37)(H,36,41,42). The van der Waals surface area contributed by atoms with Gasteiger partial charge in [0.05, 0.1) is 23.1 Å². The van der Waals surface area contributed by atoms with Crippen molar-refractivity contribution in [3.63, 3.8) is 0 Å². The number of benzene rings is 1. The number of carbonyl (C=O) groups excluding carboxylic acids is 3. The van der Waals surface area contributed by atoms with E-state index in [1.54, 1.807) is 11.1 Å². The van der Waals surface area contributed by atoms with Crippen molar-refractivity contribution < 1.29 is 14.4 Å². The second kappa shape index (κ2) is 11.3. The molecule has 3 fully saturated rings. The number of anilines is 1. The lowest BCUT2D eigenvalue weighted by Crippen LogP contribution is -2.52. The van der Waals surface area contributed by atoms with Gasteiger partial charge in [0.2, 0.25) is 17.8 Å². The average molecular weight is 603 g/mol. The fourth-order valence-electron chi connectivity index (χ4n) is 6.53. The quantitative estimate of drug-likeness (QED) is 0.376. The Morgan fingerprint density at radius 2 is 1.86 bits per heavy atom. The van der Waals surface area contributed by atoms with Crippen LogP contribution >= 0.6 is 11.6 Å². The largest absolute Gasteiger partial charge is 0.351 e. The molecule has 11 nitrogen and oxygen atoms in total. The van der Waals surface area contributed by atoms with Gasteiger partial charge in [-0.3, -0.25) is 29.3 Å². The summed E-state index contributed by atoms with van der Waals surface area (Å²) < 4.78 is 1.93. The number of rotatable bonds is 8. The highest BCUT2D eigenvalue weighted by Gasteiger charge is 2.39. The van der Waals surface area contributed by atoms with E-state index in [1.165, 1.54) is 18.5 Å². The second-order valence-corrected chi connectivity index (χ2v) is 12.7. The number of hydrogen-bond acceptors (Lipinski definition) is 8. The Kier molecular flexibility index (Phi) is 7.38. The molecule has 3 aromatic rings. The number of piperidine rings is 2. The molecule has 2 N–H and O–H groups in total. The number of carbonyl (C=O) groups is 3. The van der Waals surface area contributed by atoms with Gasteiger partial charge in [0.25, 0.3) is 5.91 Å². The van der Waals surface area contributed by atoms with Crippen molar-refractivity contribution in [3.05, 3.63) is 58.0 Å². The van der Waals surface area contributed by atoms with E-state index in [-0.39, 0.29) is 30.2 Å². The van der Waals surface area contributed by atoms with E-state index < -0.39 is 6.04 Å². The summed E-state index contributed by atoms with van der Waals surface area (Å²) in [5.41, 5.74) is 5.61. The minimum absolute atomic E-state index is 0.141. The Hall–Kier alpha value is -3.83. The van der Waals surface area contributed by atoms with E-state index in [4.69, 9.17) is 16.6 Å². The normalized spacial score (nSPS) is 21.3. The maximum atomic E-state index is 13.0. The van der Waals surface area contributed by atoms with Crippen molar-refractivity contribution >= 4 is 35.3 Å². The molecule has 4 aliphatic rings. The maximum Gasteiger partial charge on any atom is 0.255 e. The van der Waals surface area contributed by atoms with E-state index in [9.17, 15) is 14.4 Å². The number of aryl methyl sites for hydroxylation is 1. The number of nitrogens with zero attached hydrogens (tertiary/aromatic N) is 6. The van der Waals surface area contributed by atoms with Crippen LogP contribution in [0.1, 0.15) is 65.7 Å². The van der Waals surface area contributed by atoms with Crippen LogP contribution in [0.5, 0.6) is 0 Å². The fourth-order valence-corrected chi connectivity index (χ4v) is 6.72. The summed E-state index contributed by atoms with van der Waals surface area (Å²) in [4.78, 5) is 50.2. The van der Waals surface area contributed by atoms with Crippen molar-refractivity contribution in [1.29, 1.82) is 0 Å². The number of hydrogen-bond donors (Lipinski definition) is 2. The third-order valence-electron chi connectivity index (χ3n) is 9.15. The zero-order valence-corrected chi connectivity index (χ0v) is 24.9. The first-order chi connectivity index (χ1) is 20.8. The van der Waals surface area contributed by atoms with Gasteiger partial charge < -0.3 is 10.2 Å². The topological polar surface area (TPSA) is 125 Å². The summed E-state index contributed by atoms with van der Waals surface area (Å²) in [7, 11) is 1.97. The number of likely N-dealkylation sites (tertiary alicyclic amines) is 1. The number of amides is 3. The van der Waals surface area contributed by atoms with Gasteiger partial charge in [0.15, 0.2) is 0 Å². The first-order valence-corrected chi connectivity index (χ1v) is 15.5. The molecule has 0 spiro atoms. The molecule has 224 valence electrons. The molecule has 1 atom stereocenters. The van der Waals surface area contributed by atoms with E-state index in [0.29, 0.717) is 29.5 Å². The fraction of sp³-hybridized carbons (Fsp3) is 0.484. The van der Waals surface area contributed by atoms with E-state index >= 15 is 0 Å². The molecule has 12 heteroatoms. The Morgan fingerprint density at radius 1 is 1.05 bits per heavy atom. The summed E-state index contributed by atoms with van der Waals surface area (Å²) in [6.07, 6.45) is 9.58. The van der Waals surface area contributed by atoms with Gasteiger partial charge in [0, 0.05) is 62.5 Å².